The van der Waals surface area contributed by atoms with Gasteiger partial charge in [-0.25, -0.2) is 0 Å². The van der Waals surface area contributed by atoms with E-state index in [1.165, 1.54) is 77.4 Å². The lowest BCUT2D eigenvalue weighted by Crippen LogP contribution is -2.43. The first-order valence-electron chi connectivity index (χ1n) is 8.17. The Hall–Kier alpha value is -0.570. The van der Waals surface area contributed by atoms with Gasteiger partial charge in [0.2, 0.25) is 0 Å². The van der Waals surface area contributed by atoms with Crippen LogP contribution in [0.2, 0.25) is 0 Å². The number of hydrogen-bond donors (Lipinski definition) is 2. The van der Waals surface area contributed by atoms with Gasteiger partial charge in [0.15, 0.2) is 0 Å². The third-order valence-electron chi connectivity index (χ3n) is 5.91. The molecule has 1 saturated heterocycles. The van der Waals surface area contributed by atoms with Crippen LogP contribution >= 0.6 is 0 Å². The Morgan fingerprint density at radius 3 is 2.11 bits per heavy atom. The molecule has 3 fully saturated rings. The molecule has 0 aromatic heterocycles. The lowest BCUT2D eigenvalue weighted by atomic mass is 9.68. The van der Waals surface area contributed by atoms with Crippen LogP contribution in [0.3, 0.4) is 0 Å². The molecule has 0 amide bonds. The highest BCUT2D eigenvalue weighted by atomic mass is 15.1. The largest absolute Gasteiger partial charge is 0.388 e. The van der Waals surface area contributed by atoms with E-state index < -0.39 is 0 Å². The average molecular weight is 263 g/mol. The van der Waals surface area contributed by atoms with Gasteiger partial charge in [0.25, 0.3) is 0 Å². The van der Waals surface area contributed by atoms with E-state index >= 15 is 0 Å². The Labute approximate surface area is 117 Å². The molecule has 3 heteroatoms. The highest BCUT2D eigenvalue weighted by Gasteiger charge is 2.45. The van der Waals surface area contributed by atoms with E-state index in [2.05, 4.69) is 4.90 Å². The van der Waals surface area contributed by atoms with E-state index in [4.69, 9.17) is 11.1 Å². The second-order valence-electron chi connectivity index (χ2n) is 7.54. The molecule has 19 heavy (non-hydrogen) atoms. The Morgan fingerprint density at radius 1 is 0.947 bits per heavy atom. The Kier molecular flexibility index (Phi) is 3.59. The molecule has 0 aromatic carbocycles. The molecule has 3 nitrogen and oxygen atoms in total. The van der Waals surface area contributed by atoms with E-state index in [-0.39, 0.29) is 0 Å². The SMILES string of the molecule is N=C(N)CC1(CN2CCC3(CCCCC3)CC2)CC1. The van der Waals surface area contributed by atoms with Crippen LogP contribution in [0, 0.1) is 16.2 Å². The van der Waals surface area contributed by atoms with Crippen LogP contribution in [-0.2, 0) is 0 Å². The molecule has 0 radical (unpaired) electrons. The Morgan fingerprint density at radius 2 is 1.58 bits per heavy atom. The summed E-state index contributed by atoms with van der Waals surface area (Å²) in [5.74, 6) is 0.387. The van der Waals surface area contributed by atoms with Crippen molar-refractivity contribution in [1.82, 2.24) is 4.90 Å². The van der Waals surface area contributed by atoms with Gasteiger partial charge >= 0.3 is 0 Å². The zero-order chi connectivity index (χ0) is 13.3. The molecule has 3 rings (SSSR count). The quantitative estimate of drug-likeness (QED) is 0.605. The smallest absolute Gasteiger partial charge is 0.0911 e. The summed E-state index contributed by atoms with van der Waals surface area (Å²) in [4.78, 5) is 2.66. The van der Waals surface area contributed by atoms with E-state index in [1.807, 2.05) is 0 Å². The second kappa shape index (κ2) is 5.08. The number of hydrogen-bond acceptors (Lipinski definition) is 2. The maximum absolute atomic E-state index is 7.52. The van der Waals surface area contributed by atoms with Gasteiger partial charge in [0.05, 0.1) is 5.84 Å². The standard InChI is InChI=1S/C16H29N3/c17-14(18)12-16(6-7-16)13-19-10-8-15(9-11-19)4-2-1-3-5-15/h1-13H2,(H3,17,18). The minimum absolute atomic E-state index is 0.387. The van der Waals surface area contributed by atoms with Gasteiger partial charge in [-0.3, -0.25) is 5.41 Å². The van der Waals surface area contributed by atoms with Gasteiger partial charge in [-0.1, -0.05) is 19.3 Å². The topological polar surface area (TPSA) is 53.1 Å². The van der Waals surface area contributed by atoms with Crippen LogP contribution in [0.25, 0.3) is 0 Å². The maximum atomic E-state index is 7.52. The molecule has 0 atom stereocenters. The van der Waals surface area contributed by atoms with Crippen molar-refractivity contribution in [3.05, 3.63) is 0 Å². The second-order valence-corrected chi connectivity index (χ2v) is 7.54. The number of nitrogens with zero attached hydrogens (tertiary/aromatic N) is 1. The molecule has 2 saturated carbocycles. The molecule has 0 bridgehead atoms. The van der Waals surface area contributed by atoms with Crippen molar-refractivity contribution < 1.29 is 0 Å². The molecule has 1 spiro atoms. The molecule has 3 aliphatic rings. The lowest BCUT2D eigenvalue weighted by molar-refractivity contribution is 0.0577. The van der Waals surface area contributed by atoms with Crippen molar-refractivity contribution in [3.63, 3.8) is 0 Å². The van der Waals surface area contributed by atoms with Crippen molar-refractivity contribution >= 4 is 5.84 Å². The van der Waals surface area contributed by atoms with Crippen LogP contribution in [0.1, 0.15) is 64.2 Å². The fourth-order valence-electron chi connectivity index (χ4n) is 4.43. The van der Waals surface area contributed by atoms with Crippen molar-refractivity contribution in [2.24, 2.45) is 16.6 Å². The van der Waals surface area contributed by atoms with Gasteiger partial charge in [-0.2, -0.15) is 0 Å². The molecular formula is C16H29N3. The van der Waals surface area contributed by atoms with Gasteiger partial charge in [0.1, 0.15) is 0 Å². The van der Waals surface area contributed by atoms with Gasteiger partial charge in [-0.15, -0.1) is 0 Å². The summed E-state index contributed by atoms with van der Waals surface area (Å²) < 4.78 is 0. The number of likely N-dealkylation sites (tertiary alicyclic amines) is 1. The highest BCUT2D eigenvalue weighted by Crippen LogP contribution is 2.51. The van der Waals surface area contributed by atoms with Crippen molar-refractivity contribution in [1.29, 1.82) is 5.41 Å². The first-order valence-corrected chi connectivity index (χ1v) is 8.17. The monoisotopic (exact) mass is 263 g/mol. The van der Waals surface area contributed by atoms with Crippen LogP contribution in [-0.4, -0.2) is 30.4 Å². The van der Waals surface area contributed by atoms with E-state index in [0.29, 0.717) is 16.7 Å². The van der Waals surface area contributed by atoms with Crippen LogP contribution in [0.15, 0.2) is 0 Å². The molecule has 0 unspecified atom stereocenters. The van der Waals surface area contributed by atoms with Crippen LogP contribution in [0.5, 0.6) is 0 Å². The molecule has 1 aliphatic heterocycles. The summed E-state index contributed by atoms with van der Waals surface area (Å²) in [6.45, 7) is 3.78. The summed E-state index contributed by atoms with van der Waals surface area (Å²) in [5.41, 5.74) is 6.71. The summed E-state index contributed by atoms with van der Waals surface area (Å²) >= 11 is 0. The number of amidine groups is 1. The predicted molar refractivity (Wildman–Crippen MR) is 79.4 cm³/mol. The third kappa shape index (κ3) is 3.13. The van der Waals surface area contributed by atoms with E-state index in [0.717, 1.165) is 6.42 Å². The normalized spacial score (nSPS) is 29.3. The Bertz CT molecular complexity index is 330. The summed E-state index contributed by atoms with van der Waals surface area (Å²) in [6, 6.07) is 0. The predicted octanol–water partition coefficient (Wildman–Crippen LogP) is 3.14. The number of piperidine rings is 1. The van der Waals surface area contributed by atoms with Gasteiger partial charge < -0.3 is 10.6 Å². The maximum Gasteiger partial charge on any atom is 0.0911 e. The summed E-state index contributed by atoms with van der Waals surface area (Å²) in [7, 11) is 0. The minimum Gasteiger partial charge on any atom is -0.388 e. The van der Waals surface area contributed by atoms with Gasteiger partial charge in [0, 0.05) is 13.0 Å². The van der Waals surface area contributed by atoms with E-state index in [1.54, 1.807) is 0 Å². The summed E-state index contributed by atoms with van der Waals surface area (Å²) in [6.07, 6.45) is 13.6. The summed E-state index contributed by atoms with van der Waals surface area (Å²) in [5, 5.41) is 7.52. The van der Waals surface area contributed by atoms with Crippen LogP contribution in [0.4, 0.5) is 0 Å². The number of nitrogens with one attached hydrogen (secondary N) is 1. The highest BCUT2D eigenvalue weighted by molar-refractivity contribution is 5.78. The van der Waals surface area contributed by atoms with Crippen molar-refractivity contribution in [3.8, 4) is 0 Å². The molecule has 2 aliphatic carbocycles. The average Bonchev–Trinajstić information content (AvgIpc) is 3.12. The Balaban J connectivity index is 1.49. The van der Waals surface area contributed by atoms with Gasteiger partial charge in [-0.05, 0) is 62.4 Å². The first-order chi connectivity index (χ1) is 9.12. The minimum atomic E-state index is 0.387. The number of nitrogens with two attached hydrogens (primary N) is 1. The fraction of sp³-hybridized carbons (Fsp3) is 0.938. The molecule has 1 heterocycles. The van der Waals surface area contributed by atoms with E-state index in [9.17, 15) is 0 Å². The molecular weight excluding hydrogens is 234 g/mol. The fourth-order valence-corrected chi connectivity index (χ4v) is 4.43. The van der Waals surface area contributed by atoms with Crippen molar-refractivity contribution in [2.75, 3.05) is 19.6 Å². The molecule has 0 aromatic rings. The lowest BCUT2D eigenvalue weighted by Gasteiger charge is -2.45. The zero-order valence-electron chi connectivity index (χ0n) is 12.2. The zero-order valence-corrected chi connectivity index (χ0v) is 12.2. The first kappa shape index (κ1) is 13.4. The number of rotatable bonds is 4. The van der Waals surface area contributed by atoms with Crippen LogP contribution < -0.4 is 5.73 Å². The third-order valence-corrected chi connectivity index (χ3v) is 5.91. The molecule has 108 valence electrons. The molecule has 3 N–H and O–H groups in total. The van der Waals surface area contributed by atoms with Crippen molar-refractivity contribution in [2.45, 2.75) is 64.2 Å².